The van der Waals surface area contributed by atoms with Crippen LogP contribution in [-0.2, 0) is 6.18 Å². The first-order chi connectivity index (χ1) is 16.5. The normalized spacial score (nSPS) is 18.0. The summed E-state index contributed by atoms with van der Waals surface area (Å²) in [6.07, 6.45) is -1.34. The number of H-pyrrole nitrogens is 1. The molecule has 1 aliphatic heterocycles. The molecule has 2 aromatic heterocycles. The number of aromatic nitrogens is 4. The summed E-state index contributed by atoms with van der Waals surface area (Å²) in [6.45, 7) is 2.06. The Labute approximate surface area is 201 Å². The Kier molecular flexibility index (Phi) is 5.61. The molecule has 13 heteroatoms. The second kappa shape index (κ2) is 8.40. The molecule has 184 valence electrons. The first-order valence-electron chi connectivity index (χ1n) is 10.9. The van der Waals surface area contributed by atoms with E-state index in [0.29, 0.717) is 21.7 Å². The van der Waals surface area contributed by atoms with Crippen LogP contribution < -0.4 is 16.0 Å². The van der Waals surface area contributed by atoms with Gasteiger partial charge in [0.2, 0.25) is 5.82 Å². The van der Waals surface area contributed by atoms with Crippen LogP contribution in [0.5, 0.6) is 0 Å². The number of imidazole rings is 1. The van der Waals surface area contributed by atoms with Crippen molar-refractivity contribution >= 4 is 40.1 Å². The van der Waals surface area contributed by atoms with Crippen molar-refractivity contribution in [3.63, 3.8) is 0 Å². The zero-order valence-corrected chi connectivity index (χ0v) is 19.4. The van der Waals surface area contributed by atoms with Crippen LogP contribution in [0.3, 0.4) is 0 Å². The van der Waals surface area contributed by atoms with E-state index in [1.165, 1.54) is 12.1 Å². The number of hydrogen-bond donors (Lipinski definition) is 4. The zero-order chi connectivity index (χ0) is 25.0. The number of nitrogens with two attached hydrogens (primary N) is 1. The van der Waals surface area contributed by atoms with Gasteiger partial charge < -0.3 is 26.3 Å². The molecule has 5 rings (SSSR count). The number of allylic oxidation sites excluding steroid dienone is 1. The average Bonchev–Trinajstić information content (AvgIpc) is 3.49. The van der Waals surface area contributed by atoms with Crippen LogP contribution >= 0.6 is 11.8 Å². The topological polar surface area (TPSA) is 120 Å². The van der Waals surface area contributed by atoms with E-state index in [9.17, 15) is 17.6 Å². The van der Waals surface area contributed by atoms with Gasteiger partial charge in [0.05, 0.1) is 24.1 Å². The van der Waals surface area contributed by atoms with Crippen molar-refractivity contribution in [3.05, 3.63) is 42.0 Å². The number of rotatable bonds is 7. The number of nitrogens with zero attached hydrogens (tertiary/aromatic N) is 4. The van der Waals surface area contributed by atoms with Gasteiger partial charge in [-0.25, -0.2) is 19.3 Å². The average molecular weight is 507 g/mol. The Morgan fingerprint density at radius 1 is 1.26 bits per heavy atom. The molecule has 0 unspecified atom stereocenters. The smallest absolute Gasteiger partial charge is 0.385 e. The predicted octanol–water partition coefficient (Wildman–Crippen LogP) is 4.71. The number of benzene rings is 1. The fraction of sp³-hybridized carbons (Fsp3) is 0.364. The summed E-state index contributed by atoms with van der Waals surface area (Å²) in [5.41, 5.74) is 5.41. The van der Waals surface area contributed by atoms with E-state index in [1.807, 2.05) is 4.90 Å². The first kappa shape index (κ1) is 23.4. The minimum absolute atomic E-state index is 0.101. The zero-order valence-electron chi connectivity index (χ0n) is 18.6. The Morgan fingerprint density at radius 3 is 2.66 bits per heavy atom. The van der Waals surface area contributed by atoms with E-state index < -0.39 is 17.7 Å². The SMILES string of the molecule is CC(=N)/C=C(\N)Nc1cc(N2CC(F)(C3CC3)C2)nc(Sc2ccc3nc(C(F)(F)F)[nH]c3c2)n1. The maximum atomic E-state index is 14.9. The van der Waals surface area contributed by atoms with Crippen molar-refractivity contribution < 1.29 is 17.6 Å². The number of nitrogens with one attached hydrogen (secondary N) is 3. The Balaban J connectivity index is 1.43. The highest BCUT2D eigenvalue weighted by molar-refractivity contribution is 7.99. The van der Waals surface area contributed by atoms with Gasteiger partial charge in [0.25, 0.3) is 0 Å². The minimum atomic E-state index is -4.57. The predicted molar refractivity (Wildman–Crippen MR) is 125 cm³/mol. The number of halogens is 4. The van der Waals surface area contributed by atoms with Gasteiger partial charge in [-0.05, 0) is 61.7 Å². The van der Waals surface area contributed by atoms with E-state index in [0.717, 1.165) is 24.6 Å². The highest BCUT2D eigenvalue weighted by Gasteiger charge is 2.54. The molecule has 2 aliphatic rings. The van der Waals surface area contributed by atoms with Gasteiger partial charge in [0.15, 0.2) is 5.16 Å². The lowest BCUT2D eigenvalue weighted by Gasteiger charge is -2.45. The molecule has 3 aromatic rings. The molecule has 1 aromatic carbocycles. The largest absolute Gasteiger partial charge is 0.449 e. The third kappa shape index (κ3) is 5.04. The van der Waals surface area contributed by atoms with Gasteiger partial charge in [-0.2, -0.15) is 13.2 Å². The van der Waals surface area contributed by atoms with Crippen molar-refractivity contribution in [1.82, 2.24) is 19.9 Å². The van der Waals surface area contributed by atoms with Crippen LogP contribution in [0.4, 0.5) is 29.2 Å². The van der Waals surface area contributed by atoms with Crippen molar-refractivity contribution in [1.29, 1.82) is 5.41 Å². The van der Waals surface area contributed by atoms with Gasteiger partial charge in [0, 0.05) is 16.7 Å². The summed E-state index contributed by atoms with van der Waals surface area (Å²) < 4.78 is 53.9. The highest BCUT2D eigenvalue weighted by Crippen LogP contribution is 2.48. The lowest BCUT2D eigenvalue weighted by molar-refractivity contribution is -0.144. The van der Waals surface area contributed by atoms with Crippen molar-refractivity contribution in [2.24, 2.45) is 11.7 Å². The molecule has 0 amide bonds. The molecule has 2 fully saturated rings. The van der Waals surface area contributed by atoms with Crippen LogP contribution in [-0.4, -0.2) is 44.4 Å². The molecule has 0 spiro atoms. The molecule has 0 atom stereocenters. The number of fused-ring (bicyclic) bond motifs is 1. The molecular weight excluding hydrogens is 484 g/mol. The number of alkyl halides is 4. The molecule has 0 radical (unpaired) electrons. The van der Waals surface area contributed by atoms with Crippen LogP contribution in [0.15, 0.2) is 46.2 Å². The maximum Gasteiger partial charge on any atom is 0.449 e. The summed E-state index contributed by atoms with van der Waals surface area (Å²) in [7, 11) is 0. The fourth-order valence-corrected chi connectivity index (χ4v) is 4.81. The second-order valence-electron chi connectivity index (χ2n) is 8.83. The summed E-state index contributed by atoms with van der Waals surface area (Å²) >= 11 is 1.14. The van der Waals surface area contributed by atoms with E-state index in [1.54, 1.807) is 25.1 Å². The summed E-state index contributed by atoms with van der Waals surface area (Å²) in [6, 6.07) is 6.32. The van der Waals surface area contributed by atoms with Crippen LogP contribution in [0.2, 0.25) is 0 Å². The Bertz CT molecular complexity index is 1320. The lowest BCUT2D eigenvalue weighted by Crippen LogP contribution is -2.60. The van der Waals surface area contributed by atoms with E-state index in [4.69, 9.17) is 11.1 Å². The minimum Gasteiger partial charge on any atom is -0.385 e. The fourth-order valence-electron chi connectivity index (χ4n) is 4.00. The van der Waals surface area contributed by atoms with Crippen LogP contribution in [0.1, 0.15) is 25.6 Å². The monoisotopic (exact) mass is 506 g/mol. The van der Waals surface area contributed by atoms with E-state index in [-0.39, 0.29) is 41.6 Å². The number of hydrogen-bond acceptors (Lipinski definition) is 8. The van der Waals surface area contributed by atoms with Gasteiger partial charge in [-0.3, -0.25) is 0 Å². The molecule has 1 saturated carbocycles. The summed E-state index contributed by atoms with van der Waals surface area (Å²) in [4.78, 5) is 17.3. The molecule has 35 heavy (non-hydrogen) atoms. The number of aromatic amines is 1. The quantitative estimate of drug-likeness (QED) is 0.208. The highest BCUT2D eigenvalue weighted by atomic mass is 32.2. The molecule has 3 heterocycles. The lowest BCUT2D eigenvalue weighted by atomic mass is 9.91. The van der Waals surface area contributed by atoms with Crippen LogP contribution in [0.25, 0.3) is 11.0 Å². The van der Waals surface area contributed by atoms with Crippen molar-refractivity contribution in [3.8, 4) is 0 Å². The van der Waals surface area contributed by atoms with Crippen molar-refractivity contribution in [2.75, 3.05) is 23.3 Å². The maximum absolute atomic E-state index is 14.9. The summed E-state index contributed by atoms with van der Waals surface area (Å²) in [5, 5.41) is 10.8. The van der Waals surface area contributed by atoms with Gasteiger partial charge in [-0.1, -0.05) is 0 Å². The Morgan fingerprint density at radius 2 is 2.00 bits per heavy atom. The molecule has 1 saturated heterocycles. The Hall–Kier alpha value is -3.35. The third-order valence-corrected chi connectivity index (χ3v) is 6.66. The first-order valence-corrected chi connectivity index (χ1v) is 11.7. The molecule has 8 nitrogen and oxygen atoms in total. The summed E-state index contributed by atoms with van der Waals surface area (Å²) in [5.74, 6) is 0.116. The van der Waals surface area contributed by atoms with Crippen LogP contribution in [0, 0.1) is 11.3 Å². The number of anilines is 2. The van der Waals surface area contributed by atoms with Gasteiger partial charge in [0.1, 0.15) is 23.1 Å². The van der Waals surface area contributed by atoms with Gasteiger partial charge in [-0.15, -0.1) is 0 Å². The molecule has 0 bridgehead atoms. The van der Waals surface area contributed by atoms with E-state index >= 15 is 0 Å². The van der Waals surface area contributed by atoms with Gasteiger partial charge >= 0.3 is 6.18 Å². The standard InChI is InChI=1S/C22H22F4N8S/c1-11(27)6-16(28)31-17-8-18(34-9-21(23,10-34)12-2-3-12)33-20(32-17)35-13-4-5-14-15(7-13)30-19(29-14)22(24,25)26/h4-8,12,27H,2-3,9-10,28H2,1H3,(H,29,30)(H,31,32,33)/b16-6+,27-11?. The molecular formula is C22H22F4N8S. The molecule has 5 N–H and O–H groups in total. The molecule has 1 aliphatic carbocycles. The van der Waals surface area contributed by atoms with Crippen molar-refractivity contribution in [2.45, 2.75) is 41.7 Å². The third-order valence-electron chi connectivity index (χ3n) is 5.81. The second-order valence-corrected chi connectivity index (χ2v) is 9.87. The van der Waals surface area contributed by atoms with E-state index in [2.05, 4.69) is 25.3 Å².